The van der Waals surface area contributed by atoms with Crippen LogP contribution in [0.4, 0.5) is 0 Å². The van der Waals surface area contributed by atoms with Crippen LogP contribution in [0.25, 0.3) is 0 Å². The quantitative estimate of drug-likeness (QED) is 0.0304. The number of hydrogen-bond donors (Lipinski definition) is 0. The average molecular weight is 1060 g/mol. The van der Waals surface area contributed by atoms with Crippen LogP contribution >= 0.6 is 23.5 Å². The van der Waals surface area contributed by atoms with Crippen molar-refractivity contribution < 1.29 is 65.9 Å². The van der Waals surface area contributed by atoms with Gasteiger partial charge in [0.2, 0.25) is 11.5 Å². The summed E-state index contributed by atoms with van der Waals surface area (Å²) in [6, 6.07) is 16.9. The molecule has 0 aromatic heterocycles. The molecule has 2 aliphatic rings. The molecule has 0 saturated heterocycles. The van der Waals surface area contributed by atoms with E-state index in [0.29, 0.717) is 71.7 Å². The van der Waals surface area contributed by atoms with E-state index in [1.165, 1.54) is 45.8 Å². The number of fused-ring (bicyclic) bond motifs is 2. The molecule has 0 unspecified atom stereocenters. The van der Waals surface area contributed by atoms with Gasteiger partial charge in [-0.25, -0.2) is 0 Å². The lowest BCUT2D eigenvalue weighted by Gasteiger charge is -2.46. The number of benzene rings is 4. The average Bonchev–Trinajstić information content (AvgIpc) is 3.42. The second kappa shape index (κ2) is 27.4. The van der Waals surface area contributed by atoms with Crippen molar-refractivity contribution in [3.63, 3.8) is 0 Å². The van der Waals surface area contributed by atoms with Gasteiger partial charge in [0, 0.05) is 74.0 Å². The molecule has 0 amide bonds. The monoisotopic (exact) mass is 1060 g/mol. The van der Waals surface area contributed by atoms with Crippen LogP contribution in [0.15, 0.2) is 60.7 Å². The zero-order chi connectivity index (χ0) is 53.4. The molecule has 6 rings (SSSR count). The summed E-state index contributed by atoms with van der Waals surface area (Å²) in [5.74, 6) is 8.02. The Morgan fingerprint density at radius 3 is 1.11 bits per heavy atom. The van der Waals surface area contributed by atoms with Crippen molar-refractivity contribution in [2.45, 2.75) is 76.3 Å². The van der Waals surface area contributed by atoms with Crippen molar-refractivity contribution in [2.75, 3.05) is 123 Å². The first-order valence-electron chi connectivity index (χ1n) is 25.5. The number of carbonyl (C=O) groups is 2. The first kappa shape index (κ1) is 57.9. The third-order valence-electron chi connectivity index (χ3n) is 15.0. The molecule has 0 radical (unpaired) electrons. The fraction of sp³-hybridized carbons (Fsp3) is 0.517. The highest BCUT2D eigenvalue weighted by molar-refractivity contribution is 8.13. The summed E-state index contributed by atoms with van der Waals surface area (Å²) < 4.78 is 58.7. The third kappa shape index (κ3) is 13.9. The maximum Gasteiger partial charge on any atom is 0.203 e. The molecule has 0 N–H and O–H groups in total. The van der Waals surface area contributed by atoms with Crippen molar-refractivity contribution in [1.29, 1.82) is 0 Å². The molecule has 16 heteroatoms. The molecular formula is C58H80N2O12S2+2. The molecule has 0 fully saturated rings. The molecule has 0 saturated carbocycles. The topological polar surface area (TPSA) is 126 Å². The van der Waals surface area contributed by atoms with Crippen LogP contribution in [0.5, 0.6) is 57.5 Å². The van der Waals surface area contributed by atoms with E-state index in [-0.39, 0.29) is 22.3 Å². The lowest BCUT2D eigenvalue weighted by atomic mass is 9.86. The van der Waals surface area contributed by atoms with Crippen LogP contribution in [-0.2, 0) is 35.3 Å². The van der Waals surface area contributed by atoms with Gasteiger partial charge in [0.05, 0.1) is 111 Å². The van der Waals surface area contributed by atoms with Crippen molar-refractivity contribution in [3.05, 3.63) is 94.1 Å². The molecular weight excluding hydrogens is 981 g/mol. The van der Waals surface area contributed by atoms with Gasteiger partial charge in [0.15, 0.2) is 56.2 Å². The number of likely N-dealkylation sites (N-methyl/N-ethyl adjacent to an activating group) is 2. The summed E-state index contributed by atoms with van der Waals surface area (Å²) in [5.41, 5.74) is 7.14. The summed E-state index contributed by atoms with van der Waals surface area (Å²) in [7, 11) is 21.1. The summed E-state index contributed by atoms with van der Waals surface area (Å²) in [6.45, 7) is 3.71. The Bertz CT molecular complexity index is 2350. The van der Waals surface area contributed by atoms with Gasteiger partial charge in [0.25, 0.3) is 0 Å². The van der Waals surface area contributed by atoms with Gasteiger partial charge in [-0.1, -0.05) is 35.7 Å². The smallest absolute Gasteiger partial charge is 0.203 e. The molecule has 74 heavy (non-hydrogen) atoms. The molecule has 0 spiro atoms. The molecule has 14 nitrogen and oxygen atoms in total. The number of carbonyl (C=O) groups excluding carboxylic acids is 2. The van der Waals surface area contributed by atoms with E-state index in [1.54, 1.807) is 71.1 Å². The maximum atomic E-state index is 13.1. The fourth-order valence-corrected chi connectivity index (χ4v) is 12.3. The Morgan fingerprint density at radius 2 is 0.797 bits per heavy atom. The van der Waals surface area contributed by atoms with Gasteiger partial charge in [-0.2, -0.15) is 0 Å². The minimum Gasteiger partial charge on any atom is -0.493 e. The molecule has 0 aliphatic carbocycles. The Kier molecular flexibility index (Phi) is 21.4. The lowest BCUT2D eigenvalue weighted by Crippen LogP contribution is -2.52. The van der Waals surface area contributed by atoms with Gasteiger partial charge >= 0.3 is 0 Å². The maximum absolute atomic E-state index is 13.1. The number of allylic oxidation sites excluding steroid dienone is 2. The Balaban J connectivity index is 0.967. The lowest BCUT2D eigenvalue weighted by molar-refractivity contribution is -0.941. The van der Waals surface area contributed by atoms with E-state index >= 15 is 0 Å². The van der Waals surface area contributed by atoms with Crippen molar-refractivity contribution in [2.24, 2.45) is 0 Å². The molecule has 2 aliphatic heterocycles. The normalized spacial score (nSPS) is 19.0. The Morgan fingerprint density at radius 1 is 0.473 bits per heavy atom. The largest absolute Gasteiger partial charge is 0.493 e. The predicted molar refractivity (Wildman–Crippen MR) is 295 cm³/mol. The summed E-state index contributed by atoms with van der Waals surface area (Å²) in [6.07, 6.45) is 11.4. The van der Waals surface area contributed by atoms with Crippen LogP contribution < -0.4 is 47.4 Å². The van der Waals surface area contributed by atoms with Gasteiger partial charge in [-0.05, 0) is 83.6 Å². The minimum atomic E-state index is 0.109. The SMILES string of the molecule is COc1cc2c(cc1OC)[C@@H](Cc1cc(OC)c(OC)c(OC)c1)[N@+](C)(CCCSC(=O)CC/C=C/CCC(=O)SCCC[N@+]1(C)CCc3cc(OC)c(OC)cc3[C@H]1Cc1cc(OC)c(OC)c(OC)c1)CC2. The number of nitrogens with zero attached hydrogens (tertiary/aromatic N) is 2. The predicted octanol–water partition coefficient (Wildman–Crippen LogP) is 10.5. The Hall–Kier alpha value is -5.42. The summed E-state index contributed by atoms with van der Waals surface area (Å²) >= 11 is 2.85. The van der Waals surface area contributed by atoms with Crippen molar-refractivity contribution in [3.8, 4) is 57.5 Å². The number of quaternary nitrogens is 2. The first-order chi connectivity index (χ1) is 35.7. The highest BCUT2D eigenvalue weighted by Gasteiger charge is 2.42. The van der Waals surface area contributed by atoms with E-state index in [2.05, 4.69) is 38.4 Å². The summed E-state index contributed by atoms with van der Waals surface area (Å²) in [5, 5.41) is 0.383. The van der Waals surface area contributed by atoms with Crippen LogP contribution in [0.2, 0.25) is 0 Å². The number of hydrogen-bond acceptors (Lipinski definition) is 14. The highest BCUT2D eigenvalue weighted by atomic mass is 32.2. The van der Waals surface area contributed by atoms with Crippen LogP contribution in [0.3, 0.4) is 0 Å². The van der Waals surface area contributed by atoms with Gasteiger partial charge in [-0.3, -0.25) is 9.59 Å². The molecule has 4 aromatic carbocycles. The van der Waals surface area contributed by atoms with E-state index in [1.807, 2.05) is 36.4 Å². The fourth-order valence-electron chi connectivity index (χ4n) is 10.8. The Labute approximate surface area is 448 Å². The van der Waals surface area contributed by atoms with Crippen LogP contribution in [0, 0.1) is 0 Å². The second-order valence-corrected chi connectivity index (χ2v) is 21.7. The van der Waals surface area contributed by atoms with Crippen LogP contribution in [0.1, 0.15) is 84.0 Å². The van der Waals surface area contributed by atoms with Gasteiger partial charge in [0.1, 0.15) is 12.1 Å². The molecule has 4 atom stereocenters. The highest BCUT2D eigenvalue weighted by Crippen LogP contribution is 2.47. The zero-order valence-electron chi connectivity index (χ0n) is 45.9. The van der Waals surface area contributed by atoms with Crippen molar-refractivity contribution >= 4 is 33.8 Å². The molecule has 404 valence electrons. The number of methoxy groups -OCH3 is 10. The number of rotatable bonds is 28. The van der Waals surface area contributed by atoms with E-state index < -0.39 is 0 Å². The standard InChI is InChI=1S/C58H80N2O12S2/c1-59(25-21-41-35-47(63-3)49(65-5)37-43(41)45(59)29-39-31-51(67-7)57(71-11)52(32-39)68-8)23-17-27-73-55(61)19-15-13-14-16-20-56(62)74-28-18-24-60(2)26-22-42-36-48(64-4)50(66-6)38-44(42)46(60)30-40-33-53(69-9)58(72-12)54(34-40)70-10/h13-14,31-38,45-46H,15-30H2,1-12H3/q+2/b14-13+/t45-,46-,59-,60-/m1/s1. The third-order valence-corrected chi connectivity index (χ3v) is 17.0. The van der Waals surface area contributed by atoms with Gasteiger partial charge < -0.3 is 56.3 Å². The zero-order valence-corrected chi connectivity index (χ0v) is 47.5. The minimum absolute atomic E-state index is 0.109. The van der Waals surface area contributed by atoms with E-state index in [0.717, 1.165) is 108 Å². The number of ether oxygens (including phenoxy) is 10. The second-order valence-electron chi connectivity index (χ2n) is 19.4. The van der Waals surface area contributed by atoms with Crippen molar-refractivity contribution in [1.82, 2.24) is 0 Å². The van der Waals surface area contributed by atoms with Gasteiger partial charge in [-0.15, -0.1) is 0 Å². The number of thioether (sulfide) groups is 2. The summed E-state index contributed by atoms with van der Waals surface area (Å²) in [4.78, 5) is 26.1. The van der Waals surface area contributed by atoms with E-state index in [4.69, 9.17) is 47.4 Å². The van der Waals surface area contributed by atoms with Crippen LogP contribution in [-0.4, -0.2) is 142 Å². The molecule has 0 bridgehead atoms. The first-order valence-corrected chi connectivity index (χ1v) is 27.4. The molecule has 2 heterocycles. The van der Waals surface area contributed by atoms with E-state index in [9.17, 15) is 9.59 Å². The molecule has 4 aromatic rings.